The molecule has 1 saturated carbocycles. The molecule has 0 unspecified atom stereocenters. The van der Waals surface area contributed by atoms with Gasteiger partial charge in [-0.05, 0) is 60.4 Å². The van der Waals surface area contributed by atoms with Crippen LogP contribution in [0.5, 0.6) is 0 Å². The van der Waals surface area contributed by atoms with E-state index in [1.54, 1.807) is 0 Å². The second-order valence-electron chi connectivity index (χ2n) is 4.15. The largest absolute Gasteiger partial charge is 0.459 e. The van der Waals surface area contributed by atoms with Crippen LogP contribution < -0.4 is 0 Å². The minimum absolute atomic E-state index is 0.136. The Morgan fingerprint density at radius 2 is 1.88 bits per heavy atom. The van der Waals surface area contributed by atoms with Crippen LogP contribution in [0.25, 0.3) is 0 Å². The Morgan fingerprint density at radius 3 is 2.56 bits per heavy atom. The van der Waals surface area contributed by atoms with Gasteiger partial charge in [0.1, 0.15) is 6.10 Å². The molecule has 0 atom stereocenters. The van der Waals surface area contributed by atoms with E-state index in [0.717, 1.165) is 16.4 Å². The van der Waals surface area contributed by atoms with Crippen molar-refractivity contribution in [1.29, 1.82) is 0 Å². The molecular formula is C13H15IO2. The van der Waals surface area contributed by atoms with E-state index in [4.69, 9.17) is 4.74 Å². The number of hydrogen-bond acceptors (Lipinski definition) is 2. The maximum Gasteiger partial charge on any atom is 0.339 e. The SMILES string of the molecule is O=C(OC1CCCCC1)c1ccccc1I. The van der Waals surface area contributed by atoms with E-state index in [-0.39, 0.29) is 12.1 Å². The lowest BCUT2D eigenvalue weighted by atomic mass is 9.98. The Morgan fingerprint density at radius 1 is 1.19 bits per heavy atom. The predicted molar refractivity (Wildman–Crippen MR) is 71.4 cm³/mol. The Balaban J connectivity index is 2.00. The topological polar surface area (TPSA) is 26.3 Å². The van der Waals surface area contributed by atoms with Crippen LogP contribution in [0.3, 0.4) is 0 Å². The molecule has 0 aromatic heterocycles. The molecule has 1 aliphatic carbocycles. The highest BCUT2D eigenvalue weighted by Gasteiger charge is 2.19. The van der Waals surface area contributed by atoms with Crippen molar-refractivity contribution in [2.75, 3.05) is 0 Å². The molecular weight excluding hydrogens is 315 g/mol. The second-order valence-corrected chi connectivity index (χ2v) is 5.31. The number of carbonyl (C=O) groups excluding carboxylic acids is 1. The zero-order valence-electron chi connectivity index (χ0n) is 9.12. The van der Waals surface area contributed by atoms with Crippen LogP contribution in [-0.2, 0) is 4.74 Å². The third-order valence-corrected chi connectivity index (χ3v) is 3.86. The maximum absolute atomic E-state index is 11.9. The number of carbonyl (C=O) groups is 1. The van der Waals surface area contributed by atoms with Crippen LogP contribution in [0.2, 0.25) is 0 Å². The molecule has 0 radical (unpaired) electrons. The molecule has 3 heteroatoms. The first-order valence-corrected chi connectivity index (χ1v) is 6.81. The summed E-state index contributed by atoms with van der Waals surface area (Å²) in [5.74, 6) is -0.170. The first kappa shape index (κ1) is 11.9. The molecule has 0 heterocycles. The molecule has 0 saturated heterocycles. The van der Waals surface area contributed by atoms with E-state index in [1.807, 2.05) is 24.3 Å². The molecule has 0 N–H and O–H groups in total. The summed E-state index contributed by atoms with van der Waals surface area (Å²) in [6.45, 7) is 0. The molecule has 0 aliphatic heterocycles. The molecule has 1 aromatic rings. The van der Waals surface area contributed by atoms with Gasteiger partial charge in [0.2, 0.25) is 0 Å². The number of hydrogen-bond donors (Lipinski definition) is 0. The summed E-state index contributed by atoms with van der Waals surface area (Å²) >= 11 is 2.17. The summed E-state index contributed by atoms with van der Waals surface area (Å²) in [7, 11) is 0. The van der Waals surface area contributed by atoms with Crippen molar-refractivity contribution in [2.24, 2.45) is 0 Å². The van der Waals surface area contributed by atoms with Crippen LogP contribution in [0.1, 0.15) is 42.5 Å². The fourth-order valence-corrected chi connectivity index (χ4v) is 2.63. The van der Waals surface area contributed by atoms with Gasteiger partial charge in [-0.15, -0.1) is 0 Å². The van der Waals surface area contributed by atoms with Gasteiger partial charge in [0, 0.05) is 3.57 Å². The molecule has 0 spiro atoms. The average Bonchev–Trinajstić information content (AvgIpc) is 2.31. The van der Waals surface area contributed by atoms with Gasteiger partial charge in [-0.1, -0.05) is 18.6 Å². The smallest absolute Gasteiger partial charge is 0.339 e. The van der Waals surface area contributed by atoms with Crippen LogP contribution in [0, 0.1) is 3.57 Å². The Labute approximate surface area is 110 Å². The van der Waals surface area contributed by atoms with Gasteiger partial charge in [0.05, 0.1) is 5.56 Å². The van der Waals surface area contributed by atoms with Gasteiger partial charge in [0.25, 0.3) is 0 Å². The lowest BCUT2D eigenvalue weighted by Crippen LogP contribution is -2.21. The molecule has 86 valence electrons. The van der Waals surface area contributed by atoms with Crippen LogP contribution >= 0.6 is 22.6 Å². The average molecular weight is 330 g/mol. The van der Waals surface area contributed by atoms with E-state index in [2.05, 4.69) is 22.6 Å². The molecule has 0 bridgehead atoms. The van der Waals surface area contributed by atoms with Crippen LogP contribution in [0.4, 0.5) is 0 Å². The first-order chi connectivity index (χ1) is 7.77. The Kier molecular flexibility index (Phi) is 4.21. The third kappa shape index (κ3) is 2.97. The van der Waals surface area contributed by atoms with Crippen molar-refractivity contribution in [1.82, 2.24) is 0 Å². The van der Waals surface area contributed by atoms with Gasteiger partial charge in [0.15, 0.2) is 0 Å². The van der Waals surface area contributed by atoms with Crippen LogP contribution in [-0.4, -0.2) is 12.1 Å². The summed E-state index contributed by atoms with van der Waals surface area (Å²) < 4.78 is 6.47. The van der Waals surface area contributed by atoms with Crippen molar-refractivity contribution in [3.63, 3.8) is 0 Å². The summed E-state index contributed by atoms with van der Waals surface area (Å²) in [4.78, 5) is 11.9. The zero-order chi connectivity index (χ0) is 11.4. The van der Waals surface area contributed by atoms with Gasteiger partial charge >= 0.3 is 5.97 Å². The monoisotopic (exact) mass is 330 g/mol. The third-order valence-electron chi connectivity index (χ3n) is 2.92. The molecule has 2 rings (SSSR count). The second kappa shape index (κ2) is 5.66. The van der Waals surface area contributed by atoms with Crippen LogP contribution in [0.15, 0.2) is 24.3 Å². The lowest BCUT2D eigenvalue weighted by Gasteiger charge is -2.21. The van der Waals surface area contributed by atoms with Crippen molar-refractivity contribution in [2.45, 2.75) is 38.2 Å². The molecule has 1 fully saturated rings. The number of rotatable bonds is 2. The maximum atomic E-state index is 11.9. The zero-order valence-corrected chi connectivity index (χ0v) is 11.3. The van der Waals surface area contributed by atoms with E-state index >= 15 is 0 Å². The van der Waals surface area contributed by atoms with Crippen molar-refractivity contribution >= 4 is 28.6 Å². The summed E-state index contributed by atoms with van der Waals surface area (Å²) in [5.41, 5.74) is 0.689. The highest BCUT2D eigenvalue weighted by atomic mass is 127. The highest BCUT2D eigenvalue weighted by molar-refractivity contribution is 14.1. The minimum atomic E-state index is -0.170. The molecule has 2 nitrogen and oxygen atoms in total. The molecule has 1 aliphatic rings. The summed E-state index contributed by atoms with van der Waals surface area (Å²) in [6.07, 6.45) is 5.83. The standard InChI is InChI=1S/C13H15IO2/c14-12-9-5-4-8-11(12)13(15)16-10-6-2-1-3-7-10/h4-5,8-10H,1-3,6-7H2. The van der Waals surface area contributed by atoms with Gasteiger partial charge in [-0.3, -0.25) is 0 Å². The Bertz CT molecular complexity index is 370. The summed E-state index contributed by atoms with van der Waals surface area (Å²) in [5, 5.41) is 0. The fourth-order valence-electron chi connectivity index (χ4n) is 2.02. The predicted octanol–water partition coefficient (Wildman–Crippen LogP) is 3.78. The first-order valence-electron chi connectivity index (χ1n) is 5.73. The van der Waals surface area contributed by atoms with E-state index in [1.165, 1.54) is 19.3 Å². The quantitative estimate of drug-likeness (QED) is 0.609. The summed E-state index contributed by atoms with van der Waals surface area (Å²) in [6, 6.07) is 7.56. The molecule has 1 aromatic carbocycles. The van der Waals surface area contributed by atoms with Gasteiger partial charge in [-0.2, -0.15) is 0 Å². The van der Waals surface area contributed by atoms with E-state index < -0.39 is 0 Å². The molecule has 16 heavy (non-hydrogen) atoms. The number of benzene rings is 1. The highest BCUT2D eigenvalue weighted by Crippen LogP contribution is 2.22. The normalized spacial score (nSPS) is 17.1. The molecule has 0 amide bonds. The van der Waals surface area contributed by atoms with Gasteiger partial charge < -0.3 is 4.74 Å². The van der Waals surface area contributed by atoms with Crippen molar-refractivity contribution < 1.29 is 9.53 Å². The van der Waals surface area contributed by atoms with Crippen molar-refractivity contribution in [3.05, 3.63) is 33.4 Å². The minimum Gasteiger partial charge on any atom is -0.459 e. The fraction of sp³-hybridized carbons (Fsp3) is 0.462. The van der Waals surface area contributed by atoms with E-state index in [0.29, 0.717) is 5.56 Å². The Hall–Kier alpha value is -0.580. The van der Waals surface area contributed by atoms with Crippen molar-refractivity contribution in [3.8, 4) is 0 Å². The van der Waals surface area contributed by atoms with Gasteiger partial charge in [-0.25, -0.2) is 4.79 Å². The number of ether oxygens (including phenoxy) is 1. The number of halogens is 1. The lowest BCUT2D eigenvalue weighted by molar-refractivity contribution is 0.0210. The number of esters is 1. The van der Waals surface area contributed by atoms with E-state index in [9.17, 15) is 4.79 Å².